The Kier molecular flexibility index (Phi) is 7.37. The topological polar surface area (TPSA) is 69.7 Å². The zero-order chi connectivity index (χ0) is 21.5. The molecule has 3 rings (SSSR count). The molecular weight excluding hydrogens is 407 g/mol. The van der Waals surface area contributed by atoms with E-state index in [9.17, 15) is 9.18 Å². The Morgan fingerprint density at radius 1 is 1.13 bits per heavy atom. The number of carbonyl (C=O) groups excluding carboxylic acids is 1. The number of rotatable bonds is 9. The van der Waals surface area contributed by atoms with Crippen molar-refractivity contribution in [2.45, 2.75) is 13.8 Å². The molecule has 0 saturated heterocycles. The number of methoxy groups -OCH3 is 1. The number of aromatic nitrogens is 1. The van der Waals surface area contributed by atoms with Gasteiger partial charge in [-0.05, 0) is 50.2 Å². The van der Waals surface area contributed by atoms with Crippen LogP contribution in [0.3, 0.4) is 0 Å². The summed E-state index contributed by atoms with van der Waals surface area (Å²) in [5, 5.41) is 3.45. The molecule has 0 fully saturated rings. The van der Waals surface area contributed by atoms with Crippen LogP contribution in [0.25, 0.3) is 10.6 Å². The van der Waals surface area contributed by atoms with Crippen molar-refractivity contribution in [3.8, 4) is 22.1 Å². The molecule has 1 heterocycles. The first-order chi connectivity index (χ1) is 14.5. The van der Waals surface area contributed by atoms with E-state index < -0.39 is 5.82 Å². The second-order valence-electron chi connectivity index (χ2n) is 6.33. The predicted molar refractivity (Wildman–Crippen MR) is 115 cm³/mol. The van der Waals surface area contributed by atoms with Crippen molar-refractivity contribution in [2.24, 2.45) is 0 Å². The van der Waals surface area contributed by atoms with Crippen LogP contribution in [0.5, 0.6) is 11.5 Å². The second kappa shape index (κ2) is 10.2. The number of aryl methyl sites for hydroxylation is 1. The molecule has 0 aliphatic carbocycles. The molecule has 2 aromatic carbocycles. The molecule has 0 unspecified atom stereocenters. The zero-order valence-corrected chi connectivity index (χ0v) is 17.8. The minimum absolute atomic E-state index is 0.256. The Hall–Kier alpha value is -2.97. The van der Waals surface area contributed by atoms with Gasteiger partial charge in [-0.25, -0.2) is 9.37 Å². The minimum Gasteiger partial charge on any atom is -0.494 e. The summed E-state index contributed by atoms with van der Waals surface area (Å²) in [5.41, 5.74) is 1.74. The summed E-state index contributed by atoms with van der Waals surface area (Å²) < 4.78 is 29.7. The van der Waals surface area contributed by atoms with E-state index >= 15 is 0 Å². The van der Waals surface area contributed by atoms with Gasteiger partial charge in [0.15, 0.2) is 0 Å². The molecule has 30 heavy (non-hydrogen) atoms. The summed E-state index contributed by atoms with van der Waals surface area (Å²) in [7, 11) is 1.56. The van der Waals surface area contributed by atoms with Crippen molar-refractivity contribution in [2.75, 3.05) is 32.2 Å². The highest BCUT2D eigenvalue weighted by molar-refractivity contribution is 7.17. The Labute approximate surface area is 178 Å². The molecule has 1 amide bonds. The fraction of sp³-hybridized carbons (Fsp3) is 0.273. The Morgan fingerprint density at radius 2 is 1.90 bits per heavy atom. The highest BCUT2D eigenvalue weighted by Gasteiger charge is 2.18. The lowest BCUT2D eigenvalue weighted by molar-refractivity contribution is 0.102. The number of ether oxygens (including phenoxy) is 3. The number of amides is 1. The first kappa shape index (κ1) is 21.7. The highest BCUT2D eigenvalue weighted by Crippen LogP contribution is 2.31. The normalized spacial score (nSPS) is 10.7. The van der Waals surface area contributed by atoms with Crippen LogP contribution in [-0.2, 0) is 4.74 Å². The third-order valence-corrected chi connectivity index (χ3v) is 5.36. The molecule has 1 aromatic heterocycles. The van der Waals surface area contributed by atoms with E-state index in [0.717, 1.165) is 16.3 Å². The number of nitrogens with zero attached hydrogens (tertiary/aromatic N) is 1. The van der Waals surface area contributed by atoms with Crippen LogP contribution in [0.2, 0.25) is 0 Å². The van der Waals surface area contributed by atoms with E-state index in [1.807, 2.05) is 31.2 Å². The lowest BCUT2D eigenvalue weighted by atomic mass is 10.2. The first-order valence-corrected chi connectivity index (χ1v) is 10.3. The van der Waals surface area contributed by atoms with Gasteiger partial charge < -0.3 is 19.5 Å². The van der Waals surface area contributed by atoms with E-state index in [1.54, 1.807) is 14.0 Å². The summed E-state index contributed by atoms with van der Waals surface area (Å²) in [6, 6.07) is 11.5. The molecule has 0 spiro atoms. The van der Waals surface area contributed by atoms with Gasteiger partial charge in [-0.2, -0.15) is 0 Å². The Balaban J connectivity index is 1.79. The van der Waals surface area contributed by atoms with Crippen molar-refractivity contribution in [3.63, 3.8) is 0 Å². The number of benzene rings is 2. The average molecular weight is 431 g/mol. The van der Waals surface area contributed by atoms with Gasteiger partial charge in [0.2, 0.25) is 0 Å². The van der Waals surface area contributed by atoms with Crippen LogP contribution >= 0.6 is 11.3 Å². The number of hydrogen-bond acceptors (Lipinski definition) is 6. The summed E-state index contributed by atoms with van der Waals surface area (Å²) in [6.45, 7) is 4.95. The van der Waals surface area contributed by atoms with Gasteiger partial charge in [0.1, 0.15) is 33.8 Å². The molecule has 6 nitrogen and oxygen atoms in total. The first-order valence-electron chi connectivity index (χ1n) is 9.45. The standard InChI is InChI=1S/C22H23FN2O4S/c1-4-28-17-8-5-15(6-9-17)22-24-14(2)20(30-22)21(26)25-18-13-16(23)7-10-19(18)29-12-11-27-3/h5-10,13H,4,11-12H2,1-3H3,(H,25,26). The molecule has 158 valence electrons. The molecule has 0 bridgehead atoms. The number of hydrogen-bond donors (Lipinski definition) is 1. The number of nitrogens with one attached hydrogen (secondary N) is 1. The maximum atomic E-state index is 13.7. The maximum Gasteiger partial charge on any atom is 0.267 e. The smallest absolute Gasteiger partial charge is 0.267 e. The molecule has 0 aliphatic rings. The van der Waals surface area contributed by atoms with E-state index in [0.29, 0.717) is 29.5 Å². The predicted octanol–water partition coefficient (Wildman–Crippen LogP) is 4.93. The van der Waals surface area contributed by atoms with E-state index in [-0.39, 0.29) is 18.2 Å². The number of anilines is 1. The summed E-state index contributed by atoms with van der Waals surface area (Å²) in [6.07, 6.45) is 0. The van der Waals surface area contributed by atoms with Gasteiger partial charge >= 0.3 is 0 Å². The van der Waals surface area contributed by atoms with Gasteiger partial charge in [0, 0.05) is 18.7 Å². The summed E-state index contributed by atoms with van der Waals surface area (Å²) in [4.78, 5) is 17.8. The van der Waals surface area contributed by atoms with Gasteiger partial charge in [-0.15, -0.1) is 11.3 Å². The number of carbonyl (C=O) groups is 1. The zero-order valence-electron chi connectivity index (χ0n) is 17.0. The van der Waals surface area contributed by atoms with Crippen LogP contribution in [-0.4, -0.2) is 37.8 Å². The molecule has 1 N–H and O–H groups in total. The van der Waals surface area contributed by atoms with Crippen molar-refractivity contribution < 1.29 is 23.4 Å². The average Bonchev–Trinajstić information content (AvgIpc) is 3.12. The van der Waals surface area contributed by atoms with Crippen LogP contribution in [0.1, 0.15) is 22.3 Å². The Morgan fingerprint density at radius 3 is 2.60 bits per heavy atom. The van der Waals surface area contributed by atoms with Gasteiger partial charge in [-0.1, -0.05) is 0 Å². The maximum absolute atomic E-state index is 13.7. The van der Waals surface area contributed by atoms with Crippen molar-refractivity contribution in [3.05, 3.63) is 58.9 Å². The fourth-order valence-electron chi connectivity index (χ4n) is 2.73. The summed E-state index contributed by atoms with van der Waals surface area (Å²) >= 11 is 1.27. The molecule has 0 saturated carbocycles. The van der Waals surface area contributed by atoms with Crippen molar-refractivity contribution in [1.82, 2.24) is 4.98 Å². The third-order valence-electron chi connectivity index (χ3n) is 4.15. The molecule has 0 atom stereocenters. The van der Waals surface area contributed by atoms with E-state index in [1.165, 1.54) is 29.5 Å². The van der Waals surface area contributed by atoms with Gasteiger partial charge in [0.25, 0.3) is 5.91 Å². The monoisotopic (exact) mass is 430 g/mol. The van der Waals surface area contributed by atoms with Crippen LogP contribution in [0, 0.1) is 12.7 Å². The van der Waals surface area contributed by atoms with E-state index in [4.69, 9.17) is 14.2 Å². The van der Waals surface area contributed by atoms with Crippen molar-refractivity contribution in [1.29, 1.82) is 0 Å². The lowest BCUT2D eigenvalue weighted by Crippen LogP contribution is -2.14. The summed E-state index contributed by atoms with van der Waals surface area (Å²) in [5.74, 6) is 0.306. The van der Waals surface area contributed by atoms with Gasteiger partial charge in [0.05, 0.1) is 24.6 Å². The van der Waals surface area contributed by atoms with Crippen molar-refractivity contribution >= 4 is 22.9 Å². The van der Waals surface area contributed by atoms with Crippen LogP contribution < -0.4 is 14.8 Å². The Bertz CT molecular complexity index is 1000. The largest absolute Gasteiger partial charge is 0.494 e. The van der Waals surface area contributed by atoms with Gasteiger partial charge in [-0.3, -0.25) is 4.79 Å². The van der Waals surface area contributed by atoms with Crippen LogP contribution in [0.4, 0.5) is 10.1 Å². The second-order valence-corrected chi connectivity index (χ2v) is 7.33. The van der Waals surface area contributed by atoms with E-state index in [2.05, 4.69) is 10.3 Å². The quantitative estimate of drug-likeness (QED) is 0.487. The lowest BCUT2D eigenvalue weighted by Gasteiger charge is -2.12. The number of thiazole rings is 1. The minimum atomic E-state index is -0.472. The fourth-order valence-corrected chi connectivity index (χ4v) is 3.70. The molecular formula is C22H23FN2O4S. The third kappa shape index (κ3) is 5.34. The molecule has 3 aromatic rings. The molecule has 8 heteroatoms. The van der Waals surface area contributed by atoms with Crippen LogP contribution in [0.15, 0.2) is 42.5 Å². The molecule has 0 radical (unpaired) electrons. The highest BCUT2D eigenvalue weighted by atomic mass is 32.1. The SMILES string of the molecule is CCOc1ccc(-c2nc(C)c(C(=O)Nc3cc(F)ccc3OCCOC)s2)cc1. The molecule has 0 aliphatic heterocycles. The number of halogens is 1.